The Morgan fingerprint density at radius 3 is 2.68 bits per heavy atom. The van der Waals surface area contributed by atoms with E-state index in [9.17, 15) is 0 Å². The molecule has 2 aliphatic carbocycles. The highest BCUT2D eigenvalue weighted by atomic mass is 16.5. The van der Waals surface area contributed by atoms with E-state index >= 15 is 0 Å². The van der Waals surface area contributed by atoms with E-state index in [1.807, 2.05) is 6.20 Å². The van der Waals surface area contributed by atoms with E-state index in [1.165, 1.54) is 62.6 Å². The molecular formula is C30H41N3O. The van der Waals surface area contributed by atoms with Crippen molar-refractivity contribution < 1.29 is 4.74 Å². The van der Waals surface area contributed by atoms with Gasteiger partial charge in [0.25, 0.3) is 0 Å². The quantitative estimate of drug-likeness (QED) is 0.416. The molecule has 1 saturated heterocycles. The average molecular weight is 460 g/mol. The van der Waals surface area contributed by atoms with Crippen LogP contribution < -0.4 is 5.32 Å². The number of rotatable bonds is 9. The molecule has 3 aliphatic rings. The summed E-state index contributed by atoms with van der Waals surface area (Å²) >= 11 is 0. The van der Waals surface area contributed by atoms with Crippen molar-refractivity contribution in [1.29, 1.82) is 0 Å². The molecule has 34 heavy (non-hydrogen) atoms. The van der Waals surface area contributed by atoms with Crippen LogP contribution >= 0.6 is 0 Å². The Balaban J connectivity index is 1.21. The number of aryl methyl sites for hydroxylation is 2. The van der Waals surface area contributed by atoms with Gasteiger partial charge in [-0.2, -0.15) is 0 Å². The lowest BCUT2D eigenvalue weighted by molar-refractivity contribution is 0.0666. The van der Waals surface area contributed by atoms with Gasteiger partial charge in [-0.3, -0.25) is 9.88 Å². The van der Waals surface area contributed by atoms with E-state index in [0.29, 0.717) is 6.04 Å². The van der Waals surface area contributed by atoms with Gasteiger partial charge in [0.1, 0.15) is 0 Å². The summed E-state index contributed by atoms with van der Waals surface area (Å²) in [6.07, 6.45) is 16.5. The number of fused-ring (bicyclic) bond motifs is 2. The van der Waals surface area contributed by atoms with E-state index in [4.69, 9.17) is 9.72 Å². The SMILES string of the molecule is C(=C\CN(C[C@@H]1CCc2ccccc2C1)[C@H]1CCCc2cccnc21)/CNCC1CCOCC1. The molecule has 0 spiro atoms. The van der Waals surface area contributed by atoms with Crippen molar-refractivity contribution in [3.63, 3.8) is 0 Å². The van der Waals surface area contributed by atoms with Crippen molar-refractivity contribution in [3.05, 3.63) is 77.1 Å². The third-order valence-corrected chi connectivity index (χ3v) is 8.09. The second-order valence-corrected chi connectivity index (χ2v) is 10.5. The first kappa shape index (κ1) is 23.7. The number of ether oxygens (including phenoxy) is 1. The minimum atomic E-state index is 0.446. The number of pyridine rings is 1. The highest BCUT2D eigenvalue weighted by Crippen LogP contribution is 2.35. The summed E-state index contributed by atoms with van der Waals surface area (Å²) in [4.78, 5) is 7.61. The van der Waals surface area contributed by atoms with Gasteiger partial charge in [-0.25, -0.2) is 0 Å². The van der Waals surface area contributed by atoms with E-state index < -0.39 is 0 Å². The number of nitrogens with one attached hydrogen (secondary N) is 1. The van der Waals surface area contributed by atoms with E-state index in [2.05, 4.69) is 58.8 Å². The molecule has 2 heterocycles. The van der Waals surface area contributed by atoms with Crippen LogP contribution in [-0.2, 0) is 24.0 Å². The highest BCUT2D eigenvalue weighted by molar-refractivity contribution is 5.30. The van der Waals surface area contributed by atoms with Crippen molar-refractivity contribution >= 4 is 0 Å². The number of benzene rings is 1. The predicted molar refractivity (Wildman–Crippen MR) is 139 cm³/mol. The Bertz CT molecular complexity index is 936. The second kappa shape index (κ2) is 12.1. The van der Waals surface area contributed by atoms with Crippen LogP contribution in [0.15, 0.2) is 54.7 Å². The van der Waals surface area contributed by atoms with Crippen molar-refractivity contribution in [2.24, 2.45) is 11.8 Å². The van der Waals surface area contributed by atoms with Crippen molar-refractivity contribution in [3.8, 4) is 0 Å². The van der Waals surface area contributed by atoms with Gasteiger partial charge < -0.3 is 10.1 Å². The summed E-state index contributed by atoms with van der Waals surface area (Å²) in [5.41, 5.74) is 5.91. The summed E-state index contributed by atoms with van der Waals surface area (Å²) in [5.74, 6) is 1.50. The van der Waals surface area contributed by atoms with Crippen LogP contribution in [-0.4, -0.2) is 49.3 Å². The Morgan fingerprint density at radius 1 is 0.912 bits per heavy atom. The van der Waals surface area contributed by atoms with Gasteiger partial charge in [-0.1, -0.05) is 42.5 Å². The first-order valence-electron chi connectivity index (χ1n) is 13.5. The number of hydrogen-bond donors (Lipinski definition) is 1. The summed E-state index contributed by atoms with van der Waals surface area (Å²) in [6, 6.07) is 13.9. The molecule has 1 N–H and O–H groups in total. The van der Waals surface area contributed by atoms with Crippen LogP contribution in [0.4, 0.5) is 0 Å². The maximum atomic E-state index is 5.48. The fourth-order valence-corrected chi connectivity index (χ4v) is 6.14. The lowest BCUT2D eigenvalue weighted by atomic mass is 9.83. The van der Waals surface area contributed by atoms with Crippen LogP contribution in [0.2, 0.25) is 0 Å². The van der Waals surface area contributed by atoms with Crippen molar-refractivity contribution in [1.82, 2.24) is 15.2 Å². The smallest absolute Gasteiger partial charge is 0.0607 e. The number of nitrogens with zero attached hydrogens (tertiary/aromatic N) is 2. The zero-order valence-electron chi connectivity index (χ0n) is 20.6. The Hall–Kier alpha value is -2.01. The molecule has 2 aromatic rings. The van der Waals surface area contributed by atoms with Gasteiger partial charge in [0.2, 0.25) is 0 Å². The van der Waals surface area contributed by atoms with E-state index in [0.717, 1.165) is 51.2 Å². The summed E-state index contributed by atoms with van der Waals surface area (Å²) in [7, 11) is 0. The van der Waals surface area contributed by atoms with Crippen molar-refractivity contribution in [2.45, 2.75) is 57.4 Å². The molecule has 0 unspecified atom stereocenters. The molecule has 4 nitrogen and oxygen atoms in total. The molecular weight excluding hydrogens is 418 g/mol. The van der Waals surface area contributed by atoms with Crippen LogP contribution in [0.25, 0.3) is 0 Å². The molecule has 0 saturated carbocycles. The molecule has 1 aromatic carbocycles. The Kier molecular flexibility index (Phi) is 8.44. The maximum Gasteiger partial charge on any atom is 0.0607 e. The Labute approximate surface area is 205 Å². The molecule has 1 aliphatic heterocycles. The monoisotopic (exact) mass is 459 g/mol. The fraction of sp³-hybridized carbons (Fsp3) is 0.567. The van der Waals surface area contributed by atoms with Gasteiger partial charge in [-0.15, -0.1) is 0 Å². The summed E-state index contributed by atoms with van der Waals surface area (Å²) in [5, 5.41) is 3.64. The van der Waals surface area contributed by atoms with Gasteiger partial charge in [-0.05, 0) is 92.5 Å². The van der Waals surface area contributed by atoms with Crippen LogP contribution in [0.5, 0.6) is 0 Å². The third-order valence-electron chi connectivity index (χ3n) is 8.09. The van der Waals surface area contributed by atoms with E-state index in [-0.39, 0.29) is 0 Å². The lowest BCUT2D eigenvalue weighted by Crippen LogP contribution is -2.37. The number of hydrogen-bond acceptors (Lipinski definition) is 4. The summed E-state index contributed by atoms with van der Waals surface area (Å²) in [6.45, 7) is 6.10. The van der Waals surface area contributed by atoms with Crippen LogP contribution in [0, 0.1) is 11.8 Å². The Morgan fingerprint density at radius 2 is 1.76 bits per heavy atom. The first-order chi connectivity index (χ1) is 16.9. The largest absolute Gasteiger partial charge is 0.381 e. The molecule has 182 valence electrons. The lowest BCUT2D eigenvalue weighted by Gasteiger charge is -2.37. The minimum Gasteiger partial charge on any atom is -0.381 e. The van der Waals surface area contributed by atoms with Gasteiger partial charge in [0.05, 0.1) is 11.7 Å². The fourth-order valence-electron chi connectivity index (χ4n) is 6.14. The molecule has 0 radical (unpaired) electrons. The molecule has 0 amide bonds. The predicted octanol–water partition coefficient (Wildman–Crippen LogP) is 5.14. The normalized spacial score (nSPS) is 23.2. The molecule has 0 bridgehead atoms. The zero-order chi connectivity index (χ0) is 23.0. The standard InChI is InChI=1S/C30H41N3O/c1-2-8-28-21-25(12-13-26(28)7-1)23-33(29-11-5-9-27-10-6-17-32-30(27)29)18-4-3-16-31-22-24-14-19-34-20-15-24/h1-4,6-8,10,17,24-25,29,31H,5,9,11-16,18-23H2/b4-3+/t25-,29+/m1/s1. The van der Waals surface area contributed by atoms with Crippen molar-refractivity contribution in [2.75, 3.05) is 39.4 Å². The first-order valence-corrected chi connectivity index (χ1v) is 13.5. The van der Waals surface area contributed by atoms with Gasteiger partial charge in [0.15, 0.2) is 0 Å². The maximum absolute atomic E-state index is 5.48. The van der Waals surface area contributed by atoms with E-state index in [1.54, 1.807) is 11.1 Å². The van der Waals surface area contributed by atoms with Crippen LogP contribution in [0.3, 0.4) is 0 Å². The van der Waals surface area contributed by atoms with Gasteiger partial charge in [0, 0.05) is 39.0 Å². The molecule has 2 atom stereocenters. The molecule has 1 aromatic heterocycles. The molecule has 1 fully saturated rings. The average Bonchev–Trinajstić information content (AvgIpc) is 2.90. The highest BCUT2D eigenvalue weighted by Gasteiger charge is 2.29. The third kappa shape index (κ3) is 6.16. The topological polar surface area (TPSA) is 37.4 Å². The number of aromatic nitrogens is 1. The minimum absolute atomic E-state index is 0.446. The molecule has 4 heteroatoms. The second-order valence-electron chi connectivity index (χ2n) is 10.5. The molecule has 5 rings (SSSR count). The zero-order valence-corrected chi connectivity index (χ0v) is 20.6. The van der Waals surface area contributed by atoms with Gasteiger partial charge >= 0.3 is 0 Å². The van der Waals surface area contributed by atoms with Crippen LogP contribution in [0.1, 0.15) is 60.5 Å². The summed E-state index contributed by atoms with van der Waals surface area (Å²) < 4.78 is 5.48.